The highest BCUT2D eigenvalue weighted by molar-refractivity contribution is 6.44. The summed E-state index contributed by atoms with van der Waals surface area (Å²) in [6.07, 6.45) is 0. The van der Waals surface area contributed by atoms with E-state index in [1.807, 2.05) is 0 Å². The molecule has 12 heteroatoms. The minimum Gasteiger partial charge on any atom is -0.595 e. The predicted octanol–water partition coefficient (Wildman–Crippen LogP) is -2.01. The lowest BCUT2D eigenvalue weighted by atomic mass is 10.00. The van der Waals surface area contributed by atoms with Gasteiger partial charge in [0, 0.05) is 0 Å². The zero-order valence-corrected chi connectivity index (χ0v) is 13.7. The largest absolute Gasteiger partial charge is 0.595 e. The van der Waals surface area contributed by atoms with Crippen LogP contribution in [0.1, 0.15) is 34.6 Å². The van der Waals surface area contributed by atoms with Crippen molar-refractivity contribution in [3.05, 3.63) is 33.7 Å². The molecule has 0 aliphatic rings. The highest BCUT2D eigenvalue weighted by Crippen LogP contribution is 2.23. The number of ketones is 2. The summed E-state index contributed by atoms with van der Waals surface area (Å²) in [7, 11) is 0. The Hall–Kier alpha value is -2.74. The fraction of sp³-hybridized carbons (Fsp3) is 0.286. The van der Waals surface area contributed by atoms with Gasteiger partial charge in [-0.2, -0.15) is 10.5 Å². The third-order valence-electron chi connectivity index (χ3n) is 3.03. The highest BCUT2D eigenvalue weighted by Gasteiger charge is 2.32. The molecule has 26 heavy (non-hydrogen) atoms. The first kappa shape index (κ1) is 21.3. The molecule has 0 aromatic heterocycles. The maximum atomic E-state index is 12.1. The van der Waals surface area contributed by atoms with Crippen molar-refractivity contribution in [1.29, 1.82) is 0 Å². The van der Waals surface area contributed by atoms with Crippen molar-refractivity contribution in [1.82, 2.24) is 0 Å². The summed E-state index contributed by atoms with van der Waals surface area (Å²) < 4.78 is 8.97. The topological polar surface area (TPSA) is 182 Å². The van der Waals surface area contributed by atoms with E-state index in [4.69, 9.17) is 0 Å². The van der Waals surface area contributed by atoms with E-state index in [1.165, 1.54) is 13.8 Å². The Morgan fingerprint density at radius 1 is 0.846 bits per heavy atom. The average Bonchev–Trinajstić information content (AvgIpc) is 2.59. The zero-order chi connectivity index (χ0) is 20.0. The molecule has 0 saturated carbocycles. The summed E-state index contributed by atoms with van der Waals surface area (Å²) in [6.45, 7) is 2.47. The summed E-state index contributed by atoms with van der Waals surface area (Å²) >= 11 is 0. The number of rotatable bonds is 8. The molecule has 1 aromatic carbocycles. The normalized spacial score (nSPS) is 12.8. The van der Waals surface area contributed by atoms with Crippen LogP contribution in [0.3, 0.4) is 0 Å². The van der Waals surface area contributed by atoms with Gasteiger partial charge in [-0.05, 0) is 19.9 Å². The molecule has 0 fully saturated rings. The van der Waals surface area contributed by atoms with E-state index in [-0.39, 0.29) is 13.2 Å². The number of Topliss-reactive ketones (excluding diaryl/α,β-unsaturated/α-hetero) is 2. The summed E-state index contributed by atoms with van der Waals surface area (Å²) in [5.41, 5.74) is -3.23. The van der Waals surface area contributed by atoms with E-state index >= 15 is 0 Å². The zero-order valence-electron chi connectivity index (χ0n) is 13.7. The molecule has 1 aromatic rings. The Morgan fingerprint density at radius 3 is 1.46 bits per heavy atom. The van der Waals surface area contributed by atoms with Gasteiger partial charge in [0.15, 0.2) is 11.4 Å². The monoisotopic (exact) mass is 372 g/mol. The lowest BCUT2D eigenvalue weighted by Gasteiger charge is -2.20. The number of hydrogen-bond acceptors (Lipinski definition) is 10. The predicted molar refractivity (Wildman–Crippen MR) is 79.9 cm³/mol. The van der Waals surface area contributed by atoms with Crippen LogP contribution in [0.15, 0.2) is 12.1 Å². The van der Waals surface area contributed by atoms with Crippen molar-refractivity contribution in [2.45, 2.75) is 13.8 Å². The molecular weight excluding hydrogens is 356 g/mol. The van der Waals surface area contributed by atoms with Gasteiger partial charge in [0.2, 0.25) is 0 Å². The lowest BCUT2D eigenvalue weighted by molar-refractivity contribution is -0.996. The smallest absolute Gasteiger partial charge is 0.379 e. The SMILES string of the molecule is CCOC(=O)C(=O)c1cc(C(=O)C(=O)OCC)c([NH+]([O-])O)cc1[NH+]([O-])O. The van der Waals surface area contributed by atoms with Crippen molar-refractivity contribution < 1.29 is 49.5 Å². The second-order valence-electron chi connectivity index (χ2n) is 4.65. The molecule has 12 nitrogen and oxygen atoms in total. The van der Waals surface area contributed by atoms with Crippen molar-refractivity contribution >= 4 is 34.9 Å². The third-order valence-corrected chi connectivity index (χ3v) is 3.03. The number of carbonyl (C=O) groups is 4. The van der Waals surface area contributed by atoms with Crippen LogP contribution < -0.4 is 10.5 Å². The molecule has 0 aliphatic heterocycles. The molecule has 2 unspecified atom stereocenters. The standard InChI is InChI=1S/C14H16N2O10/c1-3-25-13(19)11(17)7-5-8(12(18)14(20)26-4-2)10(16(23)24)6-9(7)15(21)22/h5-6,15-16,21,23H,3-4H2,1-2H3. The highest BCUT2D eigenvalue weighted by atomic mass is 16.8. The van der Waals surface area contributed by atoms with Gasteiger partial charge in [0.25, 0.3) is 11.6 Å². The molecule has 0 bridgehead atoms. The Balaban J connectivity index is 3.61. The lowest BCUT2D eigenvalue weighted by Crippen LogP contribution is -3.01. The number of ether oxygens (including phenoxy) is 2. The fourth-order valence-electron chi connectivity index (χ4n) is 1.94. The molecule has 142 valence electrons. The van der Waals surface area contributed by atoms with E-state index < -0.39 is 56.5 Å². The molecular formula is C14H16N2O10. The Morgan fingerprint density at radius 2 is 1.19 bits per heavy atom. The van der Waals surface area contributed by atoms with E-state index in [1.54, 1.807) is 0 Å². The molecule has 4 N–H and O–H groups in total. The van der Waals surface area contributed by atoms with Gasteiger partial charge >= 0.3 is 11.9 Å². The second-order valence-corrected chi connectivity index (χ2v) is 4.65. The maximum Gasteiger partial charge on any atom is 0.379 e. The molecule has 2 atom stereocenters. The molecule has 0 spiro atoms. The van der Waals surface area contributed by atoms with Crippen LogP contribution in [-0.2, 0) is 19.1 Å². The molecule has 0 amide bonds. The number of carbonyl (C=O) groups excluding carboxylic acids is 4. The maximum absolute atomic E-state index is 12.1. The third kappa shape index (κ3) is 4.66. The Labute approximate surface area is 146 Å². The van der Waals surface area contributed by atoms with Gasteiger partial charge in [-0.25, -0.2) is 20.0 Å². The number of esters is 2. The number of nitrogens with one attached hydrogen (secondary N) is 2. The number of quaternary nitrogens is 2. The van der Waals surface area contributed by atoms with E-state index in [0.29, 0.717) is 12.1 Å². The number of hydrogen-bond donors (Lipinski definition) is 4. The van der Waals surface area contributed by atoms with Gasteiger partial charge in [0.1, 0.15) is 0 Å². The molecule has 0 heterocycles. The van der Waals surface area contributed by atoms with Crippen LogP contribution >= 0.6 is 0 Å². The molecule has 0 saturated heterocycles. The van der Waals surface area contributed by atoms with Crippen molar-refractivity contribution in [3.63, 3.8) is 0 Å². The first-order valence-corrected chi connectivity index (χ1v) is 7.23. The number of benzene rings is 1. The quantitative estimate of drug-likeness (QED) is 0.172. The summed E-state index contributed by atoms with van der Waals surface area (Å²) in [6, 6.07) is 1.08. The summed E-state index contributed by atoms with van der Waals surface area (Å²) in [5.74, 6) is -5.60. The molecule has 0 aliphatic carbocycles. The van der Waals surface area contributed by atoms with Crippen LogP contribution in [0, 0.1) is 10.4 Å². The van der Waals surface area contributed by atoms with Crippen molar-refractivity contribution in [3.8, 4) is 0 Å². The van der Waals surface area contributed by atoms with E-state index in [2.05, 4.69) is 9.47 Å². The van der Waals surface area contributed by atoms with Crippen LogP contribution in [0.2, 0.25) is 0 Å². The van der Waals surface area contributed by atoms with Crippen LogP contribution in [-0.4, -0.2) is 47.1 Å². The van der Waals surface area contributed by atoms with E-state index in [0.717, 1.165) is 0 Å². The first-order valence-electron chi connectivity index (χ1n) is 7.23. The van der Waals surface area contributed by atoms with Crippen molar-refractivity contribution in [2.24, 2.45) is 0 Å². The van der Waals surface area contributed by atoms with Crippen molar-refractivity contribution in [2.75, 3.05) is 13.2 Å². The Bertz CT molecular complexity index is 671. The fourth-order valence-corrected chi connectivity index (χ4v) is 1.94. The van der Waals surface area contributed by atoms with Gasteiger partial charge in [-0.3, -0.25) is 9.59 Å². The second kappa shape index (κ2) is 9.10. The molecule has 1 rings (SSSR count). The minimum atomic E-state index is -1.71. The van der Waals surface area contributed by atoms with Gasteiger partial charge in [-0.1, -0.05) is 0 Å². The summed E-state index contributed by atoms with van der Waals surface area (Å²) in [4.78, 5) is 47.4. The summed E-state index contributed by atoms with van der Waals surface area (Å²) in [5, 5.41) is 37.6. The first-order chi connectivity index (χ1) is 12.1. The van der Waals surface area contributed by atoms with Gasteiger partial charge < -0.3 is 19.9 Å². The minimum absolute atomic E-state index is 0.172. The van der Waals surface area contributed by atoms with Crippen LogP contribution in [0.25, 0.3) is 0 Å². The van der Waals surface area contributed by atoms with Crippen LogP contribution in [0.4, 0.5) is 11.4 Å². The average molecular weight is 372 g/mol. The van der Waals surface area contributed by atoms with E-state index in [9.17, 15) is 40.0 Å². The van der Waals surface area contributed by atoms with Gasteiger partial charge in [-0.15, -0.1) is 0 Å². The Kier molecular flexibility index (Phi) is 7.45. The molecule has 0 radical (unpaired) electrons. The van der Waals surface area contributed by atoms with Gasteiger partial charge in [0.05, 0.1) is 30.4 Å². The van der Waals surface area contributed by atoms with Crippen LogP contribution in [0.5, 0.6) is 0 Å².